The van der Waals surface area contributed by atoms with Crippen molar-refractivity contribution in [1.82, 2.24) is 4.90 Å². The Kier molecular flexibility index (Phi) is 3.18. The zero-order valence-corrected chi connectivity index (χ0v) is 10.1. The van der Waals surface area contributed by atoms with Crippen LogP contribution in [0.4, 0.5) is 0 Å². The molecule has 3 nitrogen and oxygen atoms in total. The molecule has 0 saturated carbocycles. The molecular weight excluding hydrogens is 214 g/mol. The van der Waals surface area contributed by atoms with Crippen molar-refractivity contribution in [1.29, 1.82) is 0 Å². The summed E-state index contributed by atoms with van der Waals surface area (Å²) in [6.07, 6.45) is 4.21. The van der Waals surface area contributed by atoms with Crippen LogP contribution in [0.5, 0.6) is 11.5 Å². The highest BCUT2D eigenvalue weighted by atomic mass is 16.6. The molecule has 1 aromatic rings. The van der Waals surface area contributed by atoms with Crippen molar-refractivity contribution >= 4 is 0 Å². The van der Waals surface area contributed by atoms with Crippen LogP contribution in [0.3, 0.4) is 0 Å². The maximum Gasteiger partial charge on any atom is 0.161 e. The highest BCUT2D eigenvalue weighted by Gasteiger charge is 2.23. The lowest BCUT2D eigenvalue weighted by Crippen LogP contribution is -2.42. The maximum atomic E-state index is 5.97. The summed E-state index contributed by atoms with van der Waals surface area (Å²) in [5, 5.41) is 0. The van der Waals surface area contributed by atoms with Gasteiger partial charge < -0.3 is 9.47 Å². The average Bonchev–Trinajstić information content (AvgIpc) is 2.40. The van der Waals surface area contributed by atoms with Gasteiger partial charge in [-0.1, -0.05) is 18.6 Å². The van der Waals surface area contributed by atoms with Gasteiger partial charge in [0.2, 0.25) is 0 Å². The molecule has 0 N–H and O–H groups in total. The first-order valence-corrected chi connectivity index (χ1v) is 6.53. The van der Waals surface area contributed by atoms with E-state index >= 15 is 0 Å². The summed E-state index contributed by atoms with van der Waals surface area (Å²) in [6, 6.07) is 7.92. The molecule has 0 unspecified atom stereocenters. The van der Waals surface area contributed by atoms with Gasteiger partial charge in [0.1, 0.15) is 12.7 Å². The summed E-state index contributed by atoms with van der Waals surface area (Å²) >= 11 is 0. The van der Waals surface area contributed by atoms with Crippen LogP contribution >= 0.6 is 0 Å². The topological polar surface area (TPSA) is 21.7 Å². The summed E-state index contributed by atoms with van der Waals surface area (Å²) in [4.78, 5) is 2.49. The lowest BCUT2D eigenvalue weighted by atomic mass is 10.1. The number of hydrogen-bond acceptors (Lipinski definition) is 3. The number of nitrogens with zero attached hydrogens (tertiary/aromatic N) is 1. The second-order valence-corrected chi connectivity index (χ2v) is 4.86. The number of benzene rings is 1. The fourth-order valence-electron chi connectivity index (χ4n) is 2.58. The molecule has 2 aliphatic rings. The molecule has 1 aromatic carbocycles. The minimum Gasteiger partial charge on any atom is -0.486 e. The normalized spacial score (nSPS) is 24.6. The van der Waals surface area contributed by atoms with Gasteiger partial charge >= 0.3 is 0 Å². The number of para-hydroxylation sites is 2. The molecule has 0 spiro atoms. The van der Waals surface area contributed by atoms with E-state index in [1.807, 2.05) is 24.3 Å². The number of likely N-dealkylation sites (tertiary alicyclic amines) is 1. The Bertz CT molecular complexity index is 374. The van der Waals surface area contributed by atoms with E-state index < -0.39 is 0 Å². The number of fused-ring (bicyclic) bond motifs is 1. The van der Waals surface area contributed by atoms with Gasteiger partial charge in [-0.3, -0.25) is 4.90 Å². The molecule has 92 valence electrons. The van der Waals surface area contributed by atoms with E-state index in [1.165, 1.54) is 32.4 Å². The minimum atomic E-state index is 0.183. The molecule has 3 heteroatoms. The third-order valence-electron chi connectivity index (χ3n) is 3.48. The number of hydrogen-bond donors (Lipinski definition) is 0. The largest absolute Gasteiger partial charge is 0.486 e. The van der Waals surface area contributed by atoms with E-state index in [0.717, 1.165) is 18.0 Å². The number of rotatable bonds is 2. The van der Waals surface area contributed by atoms with Crippen molar-refractivity contribution in [3.05, 3.63) is 24.3 Å². The summed E-state index contributed by atoms with van der Waals surface area (Å²) in [6.45, 7) is 4.09. The third-order valence-corrected chi connectivity index (χ3v) is 3.48. The van der Waals surface area contributed by atoms with E-state index in [2.05, 4.69) is 4.90 Å². The van der Waals surface area contributed by atoms with Crippen molar-refractivity contribution in [2.75, 3.05) is 26.2 Å². The van der Waals surface area contributed by atoms with Gasteiger partial charge in [0.15, 0.2) is 11.5 Å². The molecule has 1 saturated heterocycles. The van der Waals surface area contributed by atoms with Crippen LogP contribution < -0.4 is 9.47 Å². The van der Waals surface area contributed by atoms with Crippen molar-refractivity contribution in [2.24, 2.45) is 0 Å². The first-order chi connectivity index (χ1) is 8.42. The first kappa shape index (κ1) is 10.9. The molecule has 2 aliphatic heterocycles. The minimum absolute atomic E-state index is 0.183. The SMILES string of the molecule is c1ccc2c(c1)OC[C@@H](CN1CCCCC1)O2. The predicted molar refractivity (Wildman–Crippen MR) is 66.6 cm³/mol. The quantitative estimate of drug-likeness (QED) is 0.782. The second-order valence-electron chi connectivity index (χ2n) is 4.86. The van der Waals surface area contributed by atoms with Crippen LogP contribution in [0.2, 0.25) is 0 Å². The van der Waals surface area contributed by atoms with Crippen molar-refractivity contribution in [2.45, 2.75) is 25.4 Å². The van der Waals surface area contributed by atoms with Crippen LogP contribution in [0.1, 0.15) is 19.3 Å². The van der Waals surface area contributed by atoms with E-state index in [1.54, 1.807) is 0 Å². The van der Waals surface area contributed by atoms with Gasteiger partial charge in [-0.05, 0) is 38.1 Å². The number of piperidine rings is 1. The van der Waals surface area contributed by atoms with Gasteiger partial charge in [0.05, 0.1) is 0 Å². The van der Waals surface area contributed by atoms with Gasteiger partial charge in [0.25, 0.3) is 0 Å². The van der Waals surface area contributed by atoms with E-state index in [0.29, 0.717) is 6.61 Å². The van der Waals surface area contributed by atoms with Crippen LogP contribution in [0.15, 0.2) is 24.3 Å². The molecule has 0 aromatic heterocycles. The molecule has 0 amide bonds. The monoisotopic (exact) mass is 233 g/mol. The van der Waals surface area contributed by atoms with Gasteiger partial charge in [-0.2, -0.15) is 0 Å². The van der Waals surface area contributed by atoms with Crippen LogP contribution in [0, 0.1) is 0 Å². The van der Waals surface area contributed by atoms with E-state index in [4.69, 9.17) is 9.47 Å². The highest BCUT2D eigenvalue weighted by molar-refractivity contribution is 5.40. The first-order valence-electron chi connectivity index (χ1n) is 6.53. The van der Waals surface area contributed by atoms with Crippen LogP contribution in [-0.4, -0.2) is 37.2 Å². The predicted octanol–water partition coefficient (Wildman–Crippen LogP) is 2.31. The molecule has 17 heavy (non-hydrogen) atoms. The Morgan fingerprint density at radius 3 is 2.65 bits per heavy atom. The van der Waals surface area contributed by atoms with Gasteiger partial charge in [-0.25, -0.2) is 0 Å². The molecule has 0 bridgehead atoms. The zero-order valence-electron chi connectivity index (χ0n) is 10.1. The van der Waals surface area contributed by atoms with Crippen molar-refractivity contribution in [3.8, 4) is 11.5 Å². The Labute approximate surface area is 102 Å². The second kappa shape index (κ2) is 4.96. The summed E-state index contributed by atoms with van der Waals surface area (Å²) in [5.74, 6) is 1.77. The molecule has 1 atom stereocenters. The fourth-order valence-corrected chi connectivity index (χ4v) is 2.58. The highest BCUT2D eigenvalue weighted by Crippen LogP contribution is 2.31. The molecule has 0 aliphatic carbocycles. The fraction of sp³-hybridized carbons (Fsp3) is 0.571. The Hall–Kier alpha value is -1.22. The Morgan fingerprint density at radius 1 is 1.06 bits per heavy atom. The standard InChI is InChI=1S/C14H19NO2/c1-4-8-15(9-5-1)10-12-11-16-13-6-2-3-7-14(13)17-12/h2-3,6-7,12H,1,4-5,8-11H2/t12-/m1/s1. The maximum absolute atomic E-state index is 5.97. The van der Waals surface area contributed by atoms with E-state index in [9.17, 15) is 0 Å². The molecule has 1 fully saturated rings. The lowest BCUT2D eigenvalue weighted by molar-refractivity contribution is 0.0533. The third kappa shape index (κ3) is 2.55. The average molecular weight is 233 g/mol. The summed E-state index contributed by atoms with van der Waals surface area (Å²) < 4.78 is 11.7. The van der Waals surface area contributed by atoms with Crippen LogP contribution in [0.25, 0.3) is 0 Å². The molecule has 0 radical (unpaired) electrons. The van der Waals surface area contributed by atoms with Crippen molar-refractivity contribution in [3.63, 3.8) is 0 Å². The summed E-state index contributed by atoms with van der Waals surface area (Å²) in [5.41, 5.74) is 0. The van der Waals surface area contributed by atoms with E-state index in [-0.39, 0.29) is 6.10 Å². The van der Waals surface area contributed by atoms with Crippen LogP contribution in [-0.2, 0) is 0 Å². The van der Waals surface area contributed by atoms with Crippen molar-refractivity contribution < 1.29 is 9.47 Å². The molecular formula is C14H19NO2. The van der Waals surface area contributed by atoms with Gasteiger partial charge in [0, 0.05) is 6.54 Å². The lowest BCUT2D eigenvalue weighted by Gasteiger charge is -2.33. The molecule has 2 heterocycles. The molecule has 3 rings (SSSR count). The smallest absolute Gasteiger partial charge is 0.161 e. The Balaban J connectivity index is 1.60. The van der Waals surface area contributed by atoms with Gasteiger partial charge in [-0.15, -0.1) is 0 Å². The number of ether oxygens (including phenoxy) is 2. The Morgan fingerprint density at radius 2 is 1.82 bits per heavy atom. The summed E-state index contributed by atoms with van der Waals surface area (Å²) in [7, 11) is 0. The zero-order chi connectivity index (χ0) is 11.5.